The minimum atomic E-state index is -0.225. The van der Waals surface area contributed by atoms with Gasteiger partial charge in [-0.05, 0) is 32.6 Å². The van der Waals surface area contributed by atoms with Crippen LogP contribution >= 0.6 is 0 Å². The first-order valence-corrected chi connectivity index (χ1v) is 6.09. The Morgan fingerprint density at radius 2 is 1.88 bits per heavy atom. The van der Waals surface area contributed by atoms with Crippen LogP contribution in [0, 0.1) is 0 Å². The van der Waals surface area contributed by atoms with Crippen LogP contribution in [0.25, 0.3) is 0 Å². The summed E-state index contributed by atoms with van der Waals surface area (Å²) in [5.41, 5.74) is -0.225. The normalized spacial score (nSPS) is 37.5. The molecule has 2 saturated heterocycles. The Kier molecular flexibility index (Phi) is 2.18. The zero-order chi connectivity index (χ0) is 12.2. The number of hydrogen-bond acceptors (Lipinski definition) is 4. The first-order chi connectivity index (χ1) is 8.01. The maximum atomic E-state index is 10.0. The Bertz CT molecular complexity index is 425. The third kappa shape index (κ3) is 1.46. The average molecular weight is 238 g/mol. The molecule has 0 saturated carbocycles. The maximum Gasteiger partial charge on any atom is 0.194 e. The molecule has 94 valence electrons. The summed E-state index contributed by atoms with van der Waals surface area (Å²) in [5.74, 6) is 0.198. The van der Waals surface area contributed by atoms with E-state index in [9.17, 15) is 15.4 Å². The van der Waals surface area contributed by atoms with E-state index < -0.39 is 0 Å². The molecule has 3 heterocycles. The Hall–Kier alpha value is -1.20. The van der Waals surface area contributed by atoms with Crippen molar-refractivity contribution < 1.29 is 15.4 Å². The predicted octanol–water partition coefficient (Wildman–Crippen LogP) is 1.85. The molecule has 1 aromatic rings. The molecule has 1 aromatic heterocycles. The van der Waals surface area contributed by atoms with Crippen LogP contribution in [-0.4, -0.2) is 36.6 Å². The summed E-state index contributed by atoms with van der Waals surface area (Å²) >= 11 is 0. The van der Waals surface area contributed by atoms with Crippen LogP contribution in [0.2, 0.25) is 0 Å². The van der Waals surface area contributed by atoms with Gasteiger partial charge in [-0.15, -0.1) is 0 Å². The smallest absolute Gasteiger partial charge is 0.194 e. The van der Waals surface area contributed by atoms with Gasteiger partial charge in [0, 0.05) is 29.8 Å². The molecule has 2 bridgehead atoms. The monoisotopic (exact) mass is 238 g/mol. The molecule has 2 fully saturated rings. The van der Waals surface area contributed by atoms with Gasteiger partial charge in [-0.2, -0.15) is 5.06 Å². The molecule has 0 radical (unpaired) electrons. The SMILES string of the molecule is CC12CCC(CC(n3c(O)ccc3O)C1)N2O. The molecular formula is C12H18N2O3. The fraction of sp³-hybridized carbons (Fsp3) is 0.667. The van der Waals surface area contributed by atoms with Gasteiger partial charge in [0.05, 0.1) is 0 Å². The summed E-state index contributed by atoms with van der Waals surface area (Å²) in [6, 6.07) is 3.21. The van der Waals surface area contributed by atoms with Gasteiger partial charge >= 0.3 is 0 Å². The maximum absolute atomic E-state index is 10.0. The first kappa shape index (κ1) is 10.9. The highest BCUT2D eigenvalue weighted by atomic mass is 16.5. The molecule has 3 unspecified atom stereocenters. The van der Waals surface area contributed by atoms with E-state index in [0.717, 1.165) is 25.7 Å². The highest BCUT2D eigenvalue weighted by Crippen LogP contribution is 2.48. The van der Waals surface area contributed by atoms with E-state index >= 15 is 0 Å². The second kappa shape index (κ2) is 3.40. The predicted molar refractivity (Wildman–Crippen MR) is 61.1 cm³/mol. The molecule has 0 spiro atoms. The van der Waals surface area contributed by atoms with Gasteiger partial charge in [-0.25, -0.2) is 0 Å². The third-order valence-corrected chi connectivity index (χ3v) is 4.37. The highest BCUT2D eigenvalue weighted by Gasteiger charge is 2.49. The molecule has 3 rings (SSSR count). The van der Waals surface area contributed by atoms with Crippen molar-refractivity contribution in [1.29, 1.82) is 0 Å². The number of hydrogen-bond donors (Lipinski definition) is 3. The molecule has 5 nitrogen and oxygen atoms in total. The van der Waals surface area contributed by atoms with Crippen LogP contribution in [0.3, 0.4) is 0 Å². The lowest BCUT2D eigenvalue weighted by atomic mass is 9.88. The number of fused-ring (bicyclic) bond motifs is 2. The van der Waals surface area contributed by atoms with E-state index in [1.165, 1.54) is 17.2 Å². The number of aromatic hydroxyl groups is 2. The van der Waals surface area contributed by atoms with Crippen molar-refractivity contribution in [1.82, 2.24) is 9.63 Å². The number of piperidine rings is 1. The molecule has 17 heavy (non-hydrogen) atoms. The Balaban J connectivity index is 1.93. The summed E-state index contributed by atoms with van der Waals surface area (Å²) in [4.78, 5) is 0. The molecule has 0 aromatic carbocycles. The van der Waals surface area contributed by atoms with Crippen LogP contribution in [-0.2, 0) is 0 Å². The van der Waals surface area contributed by atoms with Gasteiger partial charge in [-0.1, -0.05) is 0 Å². The van der Waals surface area contributed by atoms with Crippen LogP contribution in [0.15, 0.2) is 12.1 Å². The second-order valence-electron chi connectivity index (χ2n) is 5.55. The molecular weight excluding hydrogens is 220 g/mol. The fourth-order valence-electron chi connectivity index (χ4n) is 3.47. The van der Waals surface area contributed by atoms with E-state index in [2.05, 4.69) is 0 Å². The van der Waals surface area contributed by atoms with Gasteiger partial charge < -0.3 is 15.4 Å². The van der Waals surface area contributed by atoms with E-state index in [1.54, 1.807) is 4.57 Å². The Morgan fingerprint density at radius 1 is 1.24 bits per heavy atom. The highest BCUT2D eigenvalue weighted by molar-refractivity contribution is 5.25. The van der Waals surface area contributed by atoms with Crippen LogP contribution in [0.1, 0.15) is 38.6 Å². The lowest BCUT2D eigenvalue weighted by Gasteiger charge is -2.42. The van der Waals surface area contributed by atoms with Gasteiger partial charge in [-0.3, -0.25) is 4.57 Å². The molecule has 5 heteroatoms. The lowest BCUT2D eigenvalue weighted by molar-refractivity contribution is -0.194. The summed E-state index contributed by atoms with van der Waals surface area (Å²) < 4.78 is 1.57. The minimum absolute atomic E-state index is 0.0610. The number of hydroxylamine groups is 2. The topological polar surface area (TPSA) is 68.9 Å². The van der Waals surface area contributed by atoms with Gasteiger partial charge in [0.25, 0.3) is 0 Å². The first-order valence-electron chi connectivity index (χ1n) is 6.09. The van der Waals surface area contributed by atoms with Crippen LogP contribution in [0.4, 0.5) is 0 Å². The Morgan fingerprint density at radius 3 is 2.47 bits per heavy atom. The summed E-state index contributed by atoms with van der Waals surface area (Å²) in [7, 11) is 0. The zero-order valence-corrected chi connectivity index (χ0v) is 9.87. The molecule has 2 aliphatic rings. The lowest BCUT2D eigenvalue weighted by Crippen LogP contribution is -2.49. The molecule has 2 aliphatic heterocycles. The number of rotatable bonds is 1. The molecule has 0 amide bonds. The third-order valence-electron chi connectivity index (χ3n) is 4.37. The summed E-state index contributed by atoms with van der Waals surface area (Å²) in [6.45, 7) is 2.04. The van der Waals surface area contributed by atoms with E-state index in [1.807, 2.05) is 6.92 Å². The van der Waals surface area contributed by atoms with Crippen molar-refractivity contribution in [3.8, 4) is 11.8 Å². The number of nitrogens with zero attached hydrogens (tertiary/aromatic N) is 2. The largest absolute Gasteiger partial charge is 0.494 e. The summed E-state index contributed by atoms with van der Waals surface area (Å²) in [5, 5.41) is 31.0. The standard InChI is InChI=1S/C12H18N2O3/c1-12-5-4-8(14(12)17)6-9(7-12)13-10(15)2-3-11(13)16/h2-3,8-9,15-17H,4-7H2,1H3. The molecule has 0 aliphatic carbocycles. The Labute approximate surface area is 99.9 Å². The number of aromatic nitrogens is 1. The minimum Gasteiger partial charge on any atom is -0.494 e. The van der Waals surface area contributed by atoms with Gasteiger partial charge in [0.15, 0.2) is 11.8 Å². The van der Waals surface area contributed by atoms with Crippen molar-refractivity contribution in [2.24, 2.45) is 0 Å². The van der Waals surface area contributed by atoms with E-state index in [-0.39, 0.29) is 29.4 Å². The fourth-order valence-corrected chi connectivity index (χ4v) is 3.47. The van der Waals surface area contributed by atoms with Crippen molar-refractivity contribution >= 4 is 0 Å². The van der Waals surface area contributed by atoms with Crippen molar-refractivity contribution in [2.75, 3.05) is 0 Å². The van der Waals surface area contributed by atoms with Crippen molar-refractivity contribution in [2.45, 2.75) is 50.2 Å². The van der Waals surface area contributed by atoms with E-state index in [4.69, 9.17) is 0 Å². The average Bonchev–Trinajstić information content (AvgIpc) is 2.67. The van der Waals surface area contributed by atoms with Crippen LogP contribution < -0.4 is 0 Å². The quantitative estimate of drug-likeness (QED) is 0.698. The van der Waals surface area contributed by atoms with Gasteiger partial charge in [0.2, 0.25) is 0 Å². The van der Waals surface area contributed by atoms with Gasteiger partial charge in [0.1, 0.15) is 0 Å². The second-order valence-corrected chi connectivity index (χ2v) is 5.55. The zero-order valence-electron chi connectivity index (χ0n) is 9.87. The molecule has 3 atom stereocenters. The summed E-state index contributed by atoms with van der Waals surface area (Å²) in [6.07, 6.45) is 3.46. The van der Waals surface area contributed by atoms with Crippen LogP contribution in [0.5, 0.6) is 11.8 Å². The van der Waals surface area contributed by atoms with Crippen molar-refractivity contribution in [3.05, 3.63) is 12.1 Å². The van der Waals surface area contributed by atoms with E-state index in [0.29, 0.717) is 0 Å². The molecule has 3 N–H and O–H groups in total. The van der Waals surface area contributed by atoms with Crippen molar-refractivity contribution in [3.63, 3.8) is 0 Å².